The molecule has 0 bridgehead atoms. The van der Waals surface area contributed by atoms with Gasteiger partial charge in [-0.1, -0.05) is 20.8 Å². The molecule has 0 aromatic carbocycles. The first-order valence-electron chi connectivity index (χ1n) is 10.1. The van der Waals surface area contributed by atoms with Crippen LogP contribution < -0.4 is 0 Å². The van der Waals surface area contributed by atoms with Crippen LogP contribution in [0.1, 0.15) is 41.5 Å². The van der Waals surface area contributed by atoms with Crippen molar-refractivity contribution < 1.29 is 31.3 Å². The van der Waals surface area contributed by atoms with Gasteiger partial charge in [0.1, 0.15) is 0 Å². The number of hydrogen-bond donors (Lipinski definition) is 0. The average molecular weight is 443 g/mol. The first kappa shape index (κ1) is 27.4. The molecule has 0 fully saturated rings. The maximum atomic E-state index is 6.80. The molecule has 2 unspecified atom stereocenters. The molecule has 0 aromatic heterocycles. The molecule has 10 heteroatoms. The zero-order chi connectivity index (χ0) is 20.8. The van der Waals surface area contributed by atoms with Crippen molar-refractivity contribution >= 4 is 25.7 Å². The molecule has 0 saturated heterocycles. The SMILES string of the molecule is CCOC[Si](CC)(OC)O[Si](CC)(COCC)O[Si](CC)(COCC)OC. The number of rotatable bonds is 18. The van der Waals surface area contributed by atoms with Crippen LogP contribution in [0.25, 0.3) is 0 Å². The van der Waals surface area contributed by atoms with Crippen LogP contribution in [0.5, 0.6) is 0 Å². The predicted octanol–water partition coefficient (Wildman–Crippen LogP) is 3.43. The fourth-order valence-corrected chi connectivity index (χ4v) is 15.5. The quantitative estimate of drug-likeness (QED) is 0.301. The normalized spacial score (nSPS) is 18.7. The summed E-state index contributed by atoms with van der Waals surface area (Å²) >= 11 is 0. The van der Waals surface area contributed by atoms with Crippen molar-refractivity contribution in [3.8, 4) is 0 Å². The van der Waals surface area contributed by atoms with Gasteiger partial charge in [0.2, 0.25) is 0 Å². The molecule has 0 rings (SSSR count). The Balaban J connectivity index is 5.78. The zero-order valence-corrected chi connectivity index (χ0v) is 21.7. The molecule has 0 aliphatic rings. The van der Waals surface area contributed by atoms with E-state index in [0.29, 0.717) is 38.5 Å². The standard InChI is InChI=1S/C17H42O7Si3/c1-9-20-15-25(12-4,18-7)23-27(14-6,17-22-11-3)24-26(13-5,19-8)16-21-10-2/h9-17H2,1-8H3. The molecule has 0 spiro atoms. The van der Waals surface area contributed by atoms with Crippen LogP contribution in [0.2, 0.25) is 18.1 Å². The van der Waals surface area contributed by atoms with Gasteiger partial charge in [0.25, 0.3) is 0 Å². The van der Waals surface area contributed by atoms with Crippen molar-refractivity contribution in [2.24, 2.45) is 0 Å². The highest BCUT2D eigenvalue weighted by molar-refractivity contribution is 6.86. The van der Waals surface area contributed by atoms with E-state index in [1.54, 1.807) is 14.2 Å². The Bertz CT molecular complexity index is 340. The summed E-state index contributed by atoms with van der Waals surface area (Å²) < 4.78 is 42.7. The minimum atomic E-state index is -2.75. The van der Waals surface area contributed by atoms with E-state index < -0.39 is 25.7 Å². The summed E-state index contributed by atoms with van der Waals surface area (Å²) in [7, 11) is -4.46. The van der Waals surface area contributed by atoms with E-state index in [1.165, 1.54) is 0 Å². The molecule has 27 heavy (non-hydrogen) atoms. The van der Waals surface area contributed by atoms with Gasteiger partial charge in [0.15, 0.2) is 0 Å². The Kier molecular flexibility index (Phi) is 14.6. The topological polar surface area (TPSA) is 64.6 Å². The number of hydrogen-bond acceptors (Lipinski definition) is 7. The van der Waals surface area contributed by atoms with Crippen molar-refractivity contribution in [1.82, 2.24) is 0 Å². The van der Waals surface area contributed by atoms with Crippen molar-refractivity contribution in [2.75, 3.05) is 52.7 Å². The molecule has 0 aromatic rings. The van der Waals surface area contributed by atoms with Gasteiger partial charge in [0.05, 0.1) is 18.7 Å². The Hall–Kier alpha value is 0.371. The van der Waals surface area contributed by atoms with Gasteiger partial charge >= 0.3 is 25.7 Å². The van der Waals surface area contributed by atoms with Crippen LogP contribution in [-0.2, 0) is 31.3 Å². The van der Waals surface area contributed by atoms with Gasteiger partial charge in [-0.15, -0.1) is 0 Å². The third-order valence-electron chi connectivity index (χ3n) is 4.68. The van der Waals surface area contributed by atoms with Gasteiger partial charge in [0, 0.05) is 34.0 Å². The summed E-state index contributed by atoms with van der Waals surface area (Å²) in [5.41, 5.74) is 0. The molecule has 0 saturated carbocycles. The van der Waals surface area contributed by atoms with Gasteiger partial charge in [-0.3, -0.25) is 0 Å². The van der Waals surface area contributed by atoms with E-state index in [-0.39, 0.29) is 0 Å². The Morgan fingerprint density at radius 3 is 1.00 bits per heavy atom. The molecular formula is C17H42O7Si3. The number of ether oxygens (including phenoxy) is 3. The second-order valence-electron chi connectivity index (χ2n) is 6.32. The van der Waals surface area contributed by atoms with Crippen LogP contribution in [-0.4, -0.2) is 78.4 Å². The van der Waals surface area contributed by atoms with Crippen molar-refractivity contribution in [1.29, 1.82) is 0 Å². The lowest BCUT2D eigenvalue weighted by molar-refractivity contribution is 0.109. The molecule has 0 aliphatic heterocycles. The lowest BCUT2D eigenvalue weighted by atomic mass is 10.9. The fourth-order valence-electron chi connectivity index (χ4n) is 2.67. The third-order valence-corrected chi connectivity index (χ3v) is 17.3. The van der Waals surface area contributed by atoms with E-state index >= 15 is 0 Å². The van der Waals surface area contributed by atoms with Crippen LogP contribution >= 0.6 is 0 Å². The minimum Gasteiger partial charge on any atom is -0.412 e. The molecular weight excluding hydrogens is 400 g/mol. The maximum absolute atomic E-state index is 6.80. The summed E-state index contributed by atoms with van der Waals surface area (Å²) in [5, 5.41) is 0. The van der Waals surface area contributed by atoms with E-state index in [9.17, 15) is 0 Å². The summed E-state index contributed by atoms with van der Waals surface area (Å²) in [6, 6.07) is 2.32. The van der Waals surface area contributed by atoms with Gasteiger partial charge in [-0.25, -0.2) is 0 Å². The average Bonchev–Trinajstić information content (AvgIpc) is 2.72. The summed E-state index contributed by atoms with van der Waals surface area (Å²) in [6.07, 6.45) is 1.42. The Morgan fingerprint density at radius 2 is 0.778 bits per heavy atom. The summed E-state index contributed by atoms with van der Waals surface area (Å²) in [6.45, 7) is 14.1. The van der Waals surface area contributed by atoms with E-state index in [0.717, 1.165) is 18.1 Å². The predicted molar refractivity (Wildman–Crippen MR) is 114 cm³/mol. The Labute approximate surface area is 169 Å². The zero-order valence-electron chi connectivity index (χ0n) is 18.7. The largest absolute Gasteiger partial charge is 0.412 e. The minimum absolute atomic E-state index is 0.453. The van der Waals surface area contributed by atoms with Crippen molar-refractivity contribution in [3.05, 3.63) is 0 Å². The van der Waals surface area contributed by atoms with E-state index in [1.807, 2.05) is 20.8 Å². The fraction of sp³-hybridized carbons (Fsp3) is 1.00. The molecule has 0 radical (unpaired) electrons. The highest BCUT2D eigenvalue weighted by atomic mass is 28.5. The molecule has 2 atom stereocenters. The first-order valence-corrected chi connectivity index (χ1v) is 16.8. The molecule has 164 valence electrons. The molecule has 0 N–H and O–H groups in total. The monoisotopic (exact) mass is 442 g/mol. The van der Waals surface area contributed by atoms with Crippen molar-refractivity contribution in [3.63, 3.8) is 0 Å². The summed E-state index contributed by atoms with van der Waals surface area (Å²) in [5.74, 6) is 0. The van der Waals surface area contributed by atoms with Crippen LogP contribution in [0.3, 0.4) is 0 Å². The first-order chi connectivity index (χ1) is 12.9. The molecule has 0 aliphatic carbocycles. The van der Waals surface area contributed by atoms with E-state index in [2.05, 4.69) is 20.8 Å². The van der Waals surface area contributed by atoms with Gasteiger partial charge in [-0.2, -0.15) is 0 Å². The molecule has 0 amide bonds. The van der Waals surface area contributed by atoms with Crippen LogP contribution in [0.4, 0.5) is 0 Å². The van der Waals surface area contributed by atoms with E-state index in [4.69, 9.17) is 31.3 Å². The highest BCUT2D eigenvalue weighted by Gasteiger charge is 2.53. The lowest BCUT2D eigenvalue weighted by Gasteiger charge is -2.43. The third kappa shape index (κ3) is 8.72. The Morgan fingerprint density at radius 1 is 0.481 bits per heavy atom. The lowest BCUT2D eigenvalue weighted by Crippen LogP contribution is -2.65. The van der Waals surface area contributed by atoms with Crippen molar-refractivity contribution in [2.45, 2.75) is 59.7 Å². The molecule has 7 nitrogen and oxygen atoms in total. The highest BCUT2D eigenvalue weighted by Crippen LogP contribution is 2.29. The van der Waals surface area contributed by atoms with Crippen LogP contribution in [0, 0.1) is 0 Å². The summed E-state index contributed by atoms with van der Waals surface area (Å²) in [4.78, 5) is 0. The smallest absolute Gasteiger partial charge is 0.355 e. The second kappa shape index (κ2) is 14.4. The van der Waals surface area contributed by atoms with Crippen LogP contribution in [0.15, 0.2) is 0 Å². The molecule has 0 heterocycles. The van der Waals surface area contributed by atoms with Gasteiger partial charge in [-0.05, 0) is 38.9 Å². The second-order valence-corrected chi connectivity index (χ2v) is 17.2. The maximum Gasteiger partial charge on any atom is 0.355 e. The van der Waals surface area contributed by atoms with Gasteiger partial charge < -0.3 is 31.3 Å².